The number of hydrogen-bond donors (Lipinski definition) is 1. The fourth-order valence-electron chi connectivity index (χ4n) is 2.64. The van der Waals surface area contributed by atoms with Crippen molar-refractivity contribution in [2.45, 2.75) is 58.7 Å². The molecular weight excluding hydrogens is 256 g/mol. The molecule has 0 spiro atoms. The van der Waals surface area contributed by atoms with Gasteiger partial charge in [0.15, 0.2) is 0 Å². The Kier molecular flexibility index (Phi) is 4.47. The van der Waals surface area contributed by atoms with Crippen molar-refractivity contribution in [3.05, 3.63) is 23.7 Å². The Hall–Kier alpha value is -1.78. The highest BCUT2D eigenvalue weighted by molar-refractivity contribution is 5.96. The van der Waals surface area contributed by atoms with Gasteiger partial charge >= 0.3 is 0 Å². The fraction of sp³-hybridized carbons (Fsp3) is 0.600. The number of piperazine rings is 1. The number of rotatable bonds is 5. The van der Waals surface area contributed by atoms with E-state index in [9.17, 15) is 9.59 Å². The van der Waals surface area contributed by atoms with Crippen molar-refractivity contribution in [3.63, 3.8) is 0 Å². The number of aryl methyl sites for hydroxylation is 1. The third-order valence-corrected chi connectivity index (χ3v) is 3.66. The molecule has 0 radical (unpaired) electrons. The number of hydrogen-bond acceptors (Lipinski definition) is 3. The van der Waals surface area contributed by atoms with Gasteiger partial charge in [-0.25, -0.2) is 0 Å². The molecule has 0 saturated carbocycles. The van der Waals surface area contributed by atoms with Crippen molar-refractivity contribution >= 4 is 11.8 Å². The predicted molar refractivity (Wildman–Crippen MR) is 74.9 cm³/mol. The van der Waals surface area contributed by atoms with Crippen molar-refractivity contribution < 1.29 is 14.0 Å². The largest absolute Gasteiger partial charge is 0.464 e. The van der Waals surface area contributed by atoms with E-state index in [0.29, 0.717) is 19.4 Å². The molecule has 2 rings (SSSR count). The van der Waals surface area contributed by atoms with Gasteiger partial charge in [-0.2, -0.15) is 0 Å². The molecule has 0 aliphatic carbocycles. The molecule has 2 atom stereocenters. The van der Waals surface area contributed by atoms with Crippen LogP contribution in [0.3, 0.4) is 0 Å². The van der Waals surface area contributed by atoms with E-state index in [1.807, 2.05) is 32.9 Å². The zero-order valence-corrected chi connectivity index (χ0v) is 12.3. The van der Waals surface area contributed by atoms with Gasteiger partial charge in [-0.15, -0.1) is 0 Å². The smallest absolute Gasteiger partial charge is 0.246 e. The van der Waals surface area contributed by atoms with Gasteiger partial charge in [-0.1, -0.05) is 20.3 Å². The lowest BCUT2D eigenvalue weighted by Crippen LogP contribution is -2.62. The quantitative estimate of drug-likeness (QED) is 0.896. The summed E-state index contributed by atoms with van der Waals surface area (Å²) < 4.78 is 5.53. The molecule has 0 bridgehead atoms. The van der Waals surface area contributed by atoms with Gasteiger partial charge in [0.25, 0.3) is 0 Å². The highest BCUT2D eigenvalue weighted by atomic mass is 16.3. The number of nitrogens with one attached hydrogen (secondary N) is 1. The van der Waals surface area contributed by atoms with E-state index >= 15 is 0 Å². The maximum Gasteiger partial charge on any atom is 0.246 e. The minimum absolute atomic E-state index is 0.00708. The first kappa shape index (κ1) is 14.6. The van der Waals surface area contributed by atoms with Gasteiger partial charge in [-0.05, 0) is 31.9 Å². The summed E-state index contributed by atoms with van der Waals surface area (Å²) in [6, 6.07) is 2.93. The summed E-state index contributed by atoms with van der Waals surface area (Å²) in [6.07, 6.45) is 2.14. The number of carbonyl (C=O) groups is 2. The molecule has 1 aliphatic rings. The molecule has 5 heteroatoms. The Balaban J connectivity index is 2.19. The average molecular weight is 278 g/mol. The molecule has 2 amide bonds. The average Bonchev–Trinajstić information content (AvgIpc) is 2.81. The lowest BCUT2D eigenvalue weighted by molar-refractivity contribution is -0.150. The molecule has 1 saturated heterocycles. The normalized spacial score (nSPS) is 23.1. The van der Waals surface area contributed by atoms with Crippen molar-refractivity contribution in [2.75, 3.05) is 0 Å². The highest BCUT2D eigenvalue weighted by Gasteiger charge is 2.39. The topological polar surface area (TPSA) is 62.6 Å². The SMILES string of the molecule is CCCC1NC(=O)C(CC)N(Cc2ccc(C)o2)C1=O. The van der Waals surface area contributed by atoms with Crippen LogP contribution in [0.25, 0.3) is 0 Å². The molecule has 20 heavy (non-hydrogen) atoms. The molecule has 1 fully saturated rings. The molecular formula is C15H22N2O3. The van der Waals surface area contributed by atoms with Crippen LogP contribution in [0.1, 0.15) is 44.6 Å². The molecule has 2 unspecified atom stereocenters. The summed E-state index contributed by atoms with van der Waals surface area (Å²) in [5, 5.41) is 2.83. The molecule has 1 aromatic rings. The van der Waals surface area contributed by atoms with Gasteiger partial charge in [0.1, 0.15) is 23.6 Å². The predicted octanol–water partition coefficient (Wildman–Crippen LogP) is 1.99. The summed E-state index contributed by atoms with van der Waals surface area (Å²) in [7, 11) is 0. The molecule has 0 aromatic carbocycles. The molecule has 110 valence electrons. The second-order valence-electron chi connectivity index (χ2n) is 5.25. The summed E-state index contributed by atoms with van der Waals surface area (Å²) in [5.74, 6) is 1.47. The number of furan rings is 1. The third kappa shape index (κ3) is 2.86. The molecule has 1 N–H and O–H groups in total. The van der Waals surface area contributed by atoms with Crippen LogP contribution in [-0.2, 0) is 16.1 Å². The lowest BCUT2D eigenvalue weighted by Gasteiger charge is -2.38. The number of carbonyl (C=O) groups excluding carboxylic acids is 2. The van der Waals surface area contributed by atoms with Gasteiger partial charge in [0.2, 0.25) is 11.8 Å². The maximum atomic E-state index is 12.5. The monoisotopic (exact) mass is 278 g/mol. The van der Waals surface area contributed by atoms with Crippen molar-refractivity contribution in [1.82, 2.24) is 10.2 Å². The molecule has 1 aliphatic heterocycles. The van der Waals surface area contributed by atoms with E-state index in [1.54, 1.807) is 4.90 Å². The van der Waals surface area contributed by atoms with Gasteiger partial charge < -0.3 is 14.6 Å². The van der Waals surface area contributed by atoms with Crippen LogP contribution < -0.4 is 5.32 Å². The minimum atomic E-state index is -0.402. The first-order chi connectivity index (χ1) is 9.56. The molecule has 1 aromatic heterocycles. The summed E-state index contributed by atoms with van der Waals surface area (Å²) in [4.78, 5) is 26.3. The van der Waals surface area contributed by atoms with Gasteiger partial charge in [0.05, 0.1) is 6.54 Å². The van der Waals surface area contributed by atoms with E-state index < -0.39 is 12.1 Å². The van der Waals surface area contributed by atoms with Crippen LogP contribution in [0, 0.1) is 6.92 Å². The zero-order chi connectivity index (χ0) is 14.7. The van der Waals surface area contributed by atoms with Crippen LogP contribution in [0.15, 0.2) is 16.5 Å². The minimum Gasteiger partial charge on any atom is -0.464 e. The highest BCUT2D eigenvalue weighted by Crippen LogP contribution is 2.20. The zero-order valence-electron chi connectivity index (χ0n) is 12.3. The Morgan fingerprint density at radius 1 is 1.30 bits per heavy atom. The maximum absolute atomic E-state index is 12.5. The summed E-state index contributed by atoms with van der Waals surface area (Å²) in [6.45, 7) is 6.15. The second kappa shape index (κ2) is 6.11. The van der Waals surface area contributed by atoms with E-state index in [4.69, 9.17) is 4.42 Å². The van der Waals surface area contributed by atoms with Gasteiger partial charge in [0, 0.05) is 0 Å². The van der Waals surface area contributed by atoms with Crippen LogP contribution in [0.4, 0.5) is 0 Å². The Bertz CT molecular complexity index is 495. The summed E-state index contributed by atoms with van der Waals surface area (Å²) in [5.41, 5.74) is 0. The molecule has 2 heterocycles. The fourth-order valence-corrected chi connectivity index (χ4v) is 2.64. The number of nitrogens with zero attached hydrogens (tertiary/aromatic N) is 1. The molecule has 5 nitrogen and oxygen atoms in total. The van der Waals surface area contributed by atoms with E-state index in [0.717, 1.165) is 17.9 Å². The van der Waals surface area contributed by atoms with E-state index in [1.165, 1.54) is 0 Å². The Morgan fingerprint density at radius 2 is 2.05 bits per heavy atom. The van der Waals surface area contributed by atoms with Crippen LogP contribution in [0.5, 0.6) is 0 Å². The van der Waals surface area contributed by atoms with Crippen LogP contribution >= 0.6 is 0 Å². The summed E-state index contributed by atoms with van der Waals surface area (Å²) >= 11 is 0. The first-order valence-electron chi connectivity index (χ1n) is 7.23. The number of amides is 2. The third-order valence-electron chi connectivity index (χ3n) is 3.66. The standard InChI is InChI=1S/C15H22N2O3/c1-4-6-12-15(19)17(13(5-2)14(18)16-12)9-11-8-7-10(3)20-11/h7-8,12-13H,4-6,9H2,1-3H3,(H,16,18). The van der Waals surface area contributed by atoms with Crippen molar-refractivity contribution in [2.24, 2.45) is 0 Å². The Morgan fingerprint density at radius 3 is 2.60 bits per heavy atom. The Labute approximate surface area is 119 Å². The van der Waals surface area contributed by atoms with Crippen molar-refractivity contribution in [3.8, 4) is 0 Å². The van der Waals surface area contributed by atoms with Crippen LogP contribution in [0.2, 0.25) is 0 Å². The van der Waals surface area contributed by atoms with Crippen LogP contribution in [-0.4, -0.2) is 28.8 Å². The second-order valence-corrected chi connectivity index (χ2v) is 5.25. The lowest BCUT2D eigenvalue weighted by atomic mass is 10.0. The van der Waals surface area contributed by atoms with Crippen molar-refractivity contribution in [1.29, 1.82) is 0 Å². The van der Waals surface area contributed by atoms with E-state index in [2.05, 4.69) is 5.32 Å². The first-order valence-corrected chi connectivity index (χ1v) is 7.23. The van der Waals surface area contributed by atoms with E-state index in [-0.39, 0.29) is 11.8 Å². The van der Waals surface area contributed by atoms with Gasteiger partial charge in [-0.3, -0.25) is 9.59 Å².